The number of hydrogen-bond acceptors (Lipinski definition) is 4. The van der Waals surface area contributed by atoms with Crippen molar-refractivity contribution in [3.8, 4) is 0 Å². The number of halogens is 5. The van der Waals surface area contributed by atoms with E-state index in [2.05, 4.69) is 0 Å². The van der Waals surface area contributed by atoms with Crippen LogP contribution in [-0.4, -0.2) is 66.1 Å². The third kappa shape index (κ3) is 5.58. The summed E-state index contributed by atoms with van der Waals surface area (Å²) in [6.45, 7) is 3.70. The van der Waals surface area contributed by atoms with Gasteiger partial charge >= 0.3 is 12.1 Å². The minimum Gasteiger partial charge on any atom is -0.468 e. The fraction of sp³-hybridized carbons (Fsp3) is 0.385. The first-order valence-corrected chi connectivity index (χ1v) is 12.4. The van der Waals surface area contributed by atoms with Crippen molar-refractivity contribution in [1.82, 2.24) is 14.4 Å². The first-order chi connectivity index (χ1) is 17.4. The molecule has 1 aliphatic heterocycles. The van der Waals surface area contributed by atoms with Crippen molar-refractivity contribution in [2.24, 2.45) is 7.05 Å². The highest BCUT2D eigenvalue weighted by Gasteiger charge is 2.32. The molecule has 1 fully saturated rings. The average Bonchev–Trinajstić information content (AvgIpc) is 3.17. The number of piperazine rings is 1. The lowest BCUT2D eigenvalue weighted by molar-refractivity contribution is -0.142. The van der Waals surface area contributed by atoms with Crippen LogP contribution in [0.2, 0.25) is 10.0 Å². The van der Waals surface area contributed by atoms with Crippen LogP contribution in [-0.2, 0) is 29.2 Å². The van der Waals surface area contributed by atoms with E-state index in [9.17, 15) is 22.8 Å². The monoisotopic (exact) mass is 555 g/mol. The number of alkyl halides is 3. The maximum atomic E-state index is 13.4. The highest BCUT2D eigenvalue weighted by Crippen LogP contribution is 2.36. The zero-order valence-corrected chi connectivity index (χ0v) is 22.1. The molecule has 1 saturated heterocycles. The highest BCUT2D eigenvalue weighted by molar-refractivity contribution is 6.38. The van der Waals surface area contributed by atoms with Gasteiger partial charge in [0.2, 0.25) is 0 Å². The van der Waals surface area contributed by atoms with Gasteiger partial charge in [0.1, 0.15) is 0 Å². The lowest BCUT2D eigenvalue weighted by Gasteiger charge is -2.34. The minimum atomic E-state index is -4.45. The van der Waals surface area contributed by atoms with Gasteiger partial charge in [-0.15, -0.1) is 0 Å². The quantitative estimate of drug-likeness (QED) is 0.399. The molecule has 6 nitrogen and oxygen atoms in total. The van der Waals surface area contributed by atoms with E-state index in [1.54, 1.807) is 35.6 Å². The van der Waals surface area contributed by atoms with Crippen molar-refractivity contribution in [3.63, 3.8) is 0 Å². The van der Waals surface area contributed by atoms with Crippen LogP contribution in [0.15, 0.2) is 30.3 Å². The Balaban J connectivity index is 1.59. The molecule has 1 aliphatic rings. The molecule has 0 N–H and O–H groups in total. The topological polar surface area (TPSA) is 54.8 Å². The van der Waals surface area contributed by atoms with E-state index in [0.29, 0.717) is 64.5 Å². The number of ether oxygens (including phenoxy) is 1. The molecule has 1 aromatic heterocycles. The van der Waals surface area contributed by atoms with Crippen LogP contribution in [0.25, 0.3) is 10.9 Å². The van der Waals surface area contributed by atoms with E-state index >= 15 is 0 Å². The second-order valence-electron chi connectivity index (χ2n) is 9.13. The number of aromatic nitrogens is 1. The molecule has 0 radical (unpaired) electrons. The number of fused-ring (bicyclic) bond motifs is 1. The van der Waals surface area contributed by atoms with E-state index < -0.39 is 11.7 Å². The second-order valence-corrected chi connectivity index (χ2v) is 9.91. The SMILES string of the molecule is COC(=O)CN1CCN(C(=O)c2ccc(Cl)c(Cc3cc4c(C)cc(C(F)(F)F)cc4n3C)c2Cl)CC1. The van der Waals surface area contributed by atoms with E-state index in [4.69, 9.17) is 27.9 Å². The van der Waals surface area contributed by atoms with Gasteiger partial charge in [0.05, 0.1) is 29.8 Å². The third-order valence-corrected chi connectivity index (χ3v) is 7.60. The molecule has 1 amide bonds. The Labute approximate surface area is 222 Å². The molecule has 0 aliphatic carbocycles. The van der Waals surface area contributed by atoms with Gasteiger partial charge in [-0.1, -0.05) is 23.2 Å². The molecule has 198 valence electrons. The zero-order valence-electron chi connectivity index (χ0n) is 20.6. The molecule has 2 heterocycles. The van der Waals surface area contributed by atoms with Gasteiger partial charge in [-0.2, -0.15) is 13.2 Å². The molecule has 0 spiro atoms. The first kappa shape index (κ1) is 27.3. The summed E-state index contributed by atoms with van der Waals surface area (Å²) in [6, 6.07) is 7.29. The van der Waals surface area contributed by atoms with Crippen molar-refractivity contribution >= 4 is 46.0 Å². The Kier molecular flexibility index (Phi) is 7.78. The van der Waals surface area contributed by atoms with Gasteiger partial charge in [-0.25, -0.2) is 0 Å². The van der Waals surface area contributed by atoms with Crippen LogP contribution in [0.3, 0.4) is 0 Å². The minimum absolute atomic E-state index is 0.166. The van der Waals surface area contributed by atoms with Crippen LogP contribution in [0.4, 0.5) is 13.2 Å². The van der Waals surface area contributed by atoms with E-state index in [-0.39, 0.29) is 29.9 Å². The number of nitrogens with zero attached hydrogens (tertiary/aromatic N) is 3. The lowest BCUT2D eigenvalue weighted by Crippen LogP contribution is -2.50. The van der Waals surface area contributed by atoms with Gasteiger partial charge < -0.3 is 14.2 Å². The second kappa shape index (κ2) is 10.6. The van der Waals surface area contributed by atoms with E-state index in [0.717, 1.165) is 12.1 Å². The summed E-state index contributed by atoms with van der Waals surface area (Å²) < 4.78 is 46.4. The number of benzene rings is 2. The smallest absolute Gasteiger partial charge is 0.416 e. The Hall–Kier alpha value is -2.75. The Morgan fingerprint density at radius 3 is 2.35 bits per heavy atom. The molecule has 2 aromatic carbocycles. The molecule has 3 aromatic rings. The Morgan fingerprint density at radius 1 is 1.05 bits per heavy atom. The summed E-state index contributed by atoms with van der Waals surface area (Å²) in [5, 5.41) is 1.28. The van der Waals surface area contributed by atoms with Crippen molar-refractivity contribution in [2.75, 3.05) is 39.8 Å². The molecule has 37 heavy (non-hydrogen) atoms. The number of amides is 1. The number of hydrogen-bond donors (Lipinski definition) is 0. The largest absolute Gasteiger partial charge is 0.468 e. The molecule has 4 rings (SSSR count). The summed E-state index contributed by atoms with van der Waals surface area (Å²) in [7, 11) is 3.03. The van der Waals surface area contributed by atoms with Crippen LogP contribution in [0.1, 0.15) is 32.7 Å². The van der Waals surface area contributed by atoms with E-state index in [1.807, 2.05) is 11.0 Å². The van der Waals surface area contributed by atoms with E-state index in [1.165, 1.54) is 7.11 Å². The number of rotatable bonds is 5. The fourth-order valence-corrected chi connectivity index (χ4v) is 5.21. The molecule has 0 saturated carbocycles. The van der Waals surface area contributed by atoms with Crippen LogP contribution in [0, 0.1) is 6.92 Å². The number of esters is 1. The number of carbonyl (C=O) groups excluding carboxylic acids is 2. The first-order valence-electron chi connectivity index (χ1n) is 11.6. The normalized spacial score (nSPS) is 14.9. The van der Waals surface area contributed by atoms with Gasteiger partial charge in [-0.05, 0) is 48.4 Å². The molecule has 0 atom stereocenters. The van der Waals surface area contributed by atoms with Gasteiger partial charge in [0, 0.05) is 61.3 Å². The fourth-order valence-electron chi connectivity index (χ4n) is 4.63. The lowest BCUT2D eigenvalue weighted by atomic mass is 10.0. The number of aryl methyl sites for hydroxylation is 2. The summed E-state index contributed by atoms with van der Waals surface area (Å²) in [5.74, 6) is -0.577. The van der Waals surface area contributed by atoms with Crippen LogP contribution in [0.5, 0.6) is 0 Å². The van der Waals surface area contributed by atoms with Crippen molar-refractivity contribution in [1.29, 1.82) is 0 Å². The van der Waals surface area contributed by atoms with Crippen LogP contribution < -0.4 is 0 Å². The van der Waals surface area contributed by atoms with Gasteiger partial charge in [-0.3, -0.25) is 14.5 Å². The average molecular weight is 556 g/mol. The Morgan fingerprint density at radius 2 is 1.73 bits per heavy atom. The number of carbonyl (C=O) groups is 2. The summed E-state index contributed by atoms with van der Waals surface area (Å²) >= 11 is 13.2. The summed E-state index contributed by atoms with van der Waals surface area (Å²) in [5.41, 5.74) is 1.79. The maximum absolute atomic E-state index is 13.4. The highest BCUT2D eigenvalue weighted by atomic mass is 35.5. The van der Waals surface area contributed by atoms with Crippen molar-refractivity contribution < 1.29 is 27.5 Å². The summed E-state index contributed by atoms with van der Waals surface area (Å²) in [4.78, 5) is 28.4. The van der Waals surface area contributed by atoms with Crippen molar-refractivity contribution in [3.05, 3.63) is 68.3 Å². The van der Waals surface area contributed by atoms with Gasteiger partial charge in [0.15, 0.2) is 0 Å². The van der Waals surface area contributed by atoms with Crippen LogP contribution >= 0.6 is 23.2 Å². The molecule has 0 bridgehead atoms. The molecular weight excluding hydrogens is 530 g/mol. The zero-order chi connectivity index (χ0) is 27.1. The molecular formula is C26H26Cl2F3N3O3. The van der Waals surface area contributed by atoms with Crippen molar-refractivity contribution in [2.45, 2.75) is 19.5 Å². The number of methoxy groups -OCH3 is 1. The molecule has 11 heteroatoms. The Bertz CT molecular complexity index is 1360. The predicted octanol–water partition coefficient (Wildman–Crippen LogP) is 5.33. The predicted molar refractivity (Wildman–Crippen MR) is 136 cm³/mol. The van der Waals surface area contributed by atoms with Gasteiger partial charge in [0.25, 0.3) is 5.91 Å². The molecule has 0 unspecified atom stereocenters. The standard InChI is InChI=1S/C26H26Cl2F3N3O3/c1-15-10-16(26(29,30)31)11-22-19(15)12-17(32(22)2)13-20-21(27)5-4-18(24(20)28)25(36)34-8-6-33(7-9-34)14-23(35)37-3/h4-5,10-12H,6-9,13-14H2,1-3H3. The summed E-state index contributed by atoms with van der Waals surface area (Å²) in [6.07, 6.45) is -4.22. The third-order valence-electron chi connectivity index (χ3n) is 6.81. The maximum Gasteiger partial charge on any atom is 0.416 e.